The molecule has 17 heavy (non-hydrogen) atoms. The van der Waals surface area contributed by atoms with E-state index in [1.165, 1.54) is 5.56 Å². The number of hydrogen-bond donors (Lipinski definition) is 1. The van der Waals surface area contributed by atoms with Crippen LogP contribution in [0.5, 0.6) is 0 Å². The molecule has 90 valence electrons. The van der Waals surface area contributed by atoms with Crippen molar-refractivity contribution < 1.29 is 0 Å². The minimum Gasteiger partial charge on any atom is -0.334 e. The maximum atomic E-state index is 6.30. The molecule has 0 fully saturated rings. The van der Waals surface area contributed by atoms with E-state index in [1.54, 1.807) is 6.20 Å². The molecule has 1 aromatic heterocycles. The molecule has 1 unspecified atom stereocenters. The molecule has 0 bridgehead atoms. The van der Waals surface area contributed by atoms with E-state index in [0.717, 1.165) is 22.4 Å². The minimum atomic E-state index is -0.178. The second-order valence-electron chi connectivity index (χ2n) is 4.05. The Morgan fingerprint density at radius 1 is 1.47 bits per heavy atom. The molecule has 0 aliphatic heterocycles. The fourth-order valence-electron chi connectivity index (χ4n) is 1.95. The Labute approximate surface area is 110 Å². The summed E-state index contributed by atoms with van der Waals surface area (Å²) in [5.41, 5.74) is 8.60. The van der Waals surface area contributed by atoms with Crippen LogP contribution in [-0.4, -0.2) is 9.55 Å². The highest BCUT2D eigenvalue weighted by Gasteiger charge is 2.16. The van der Waals surface area contributed by atoms with E-state index < -0.39 is 0 Å². The van der Waals surface area contributed by atoms with Crippen LogP contribution in [0.15, 0.2) is 35.1 Å². The lowest BCUT2D eigenvalue weighted by molar-refractivity contribution is 0.654. The van der Waals surface area contributed by atoms with E-state index >= 15 is 0 Å². The molecular weight excluding hydrogens is 278 g/mol. The Morgan fingerprint density at radius 3 is 2.94 bits per heavy atom. The maximum absolute atomic E-state index is 6.30. The van der Waals surface area contributed by atoms with Crippen LogP contribution >= 0.6 is 15.9 Å². The molecule has 1 atom stereocenters. The number of aromatic nitrogens is 2. The normalized spacial score (nSPS) is 12.7. The highest BCUT2D eigenvalue weighted by atomic mass is 79.9. The summed E-state index contributed by atoms with van der Waals surface area (Å²) in [5.74, 6) is 0.911. The third-order valence-electron chi connectivity index (χ3n) is 2.94. The second-order valence-corrected chi connectivity index (χ2v) is 4.97. The van der Waals surface area contributed by atoms with Crippen molar-refractivity contribution in [2.45, 2.75) is 26.4 Å². The van der Waals surface area contributed by atoms with Crippen molar-refractivity contribution in [1.29, 1.82) is 0 Å². The van der Waals surface area contributed by atoms with E-state index in [9.17, 15) is 0 Å². The molecule has 1 aromatic carbocycles. The van der Waals surface area contributed by atoms with Gasteiger partial charge in [0.25, 0.3) is 0 Å². The topological polar surface area (TPSA) is 43.8 Å². The molecule has 0 radical (unpaired) electrons. The average molecular weight is 294 g/mol. The zero-order chi connectivity index (χ0) is 12.4. The van der Waals surface area contributed by atoms with Crippen LogP contribution < -0.4 is 5.73 Å². The average Bonchev–Trinajstić information content (AvgIpc) is 2.79. The highest BCUT2D eigenvalue weighted by Crippen LogP contribution is 2.24. The highest BCUT2D eigenvalue weighted by molar-refractivity contribution is 9.10. The summed E-state index contributed by atoms with van der Waals surface area (Å²) >= 11 is 3.48. The van der Waals surface area contributed by atoms with E-state index in [0.29, 0.717) is 0 Å². The number of nitrogens with two attached hydrogens (primary N) is 1. The number of halogens is 1. The number of benzene rings is 1. The van der Waals surface area contributed by atoms with Crippen LogP contribution in [-0.2, 0) is 6.54 Å². The summed E-state index contributed by atoms with van der Waals surface area (Å²) in [5, 5.41) is 0. The molecule has 4 heteroatoms. The second kappa shape index (κ2) is 5.02. The van der Waals surface area contributed by atoms with Crippen molar-refractivity contribution >= 4 is 15.9 Å². The van der Waals surface area contributed by atoms with Crippen LogP contribution in [0.3, 0.4) is 0 Å². The molecule has 3 nitrogen and oxygen atoms in total. The summed E-state index contributed by atoms with van der Waals surface area (Å²) in [7, 11) is 0. The summed E-state index contributed by atoms with van der Waals surface area (Å²) in [4.78, 5) is 4.36. The van der Waals surface area contributed by atoms with Gasteiger partial charge in [-0.2, -0.15) is 0 Å². The minimum absolute atomic E-state index is 0.178. The Balaban J connectivity index is 2.43. The van der Waals surface area contributed by atoms with E-state index in [-0.39, 0.29) is 6.04 Å². The number of imidazole rings is 1. The Bertz CT molecular complexity index is 519. The van der Waals surface area contributed by atoms with Crippen molar-refractivity contribution in [3.8, 4) is 0 Å². The van der Waals surface area contributed by atoms with Crippen molar-refractivity contribution in [3.63, 3.8) is 0 Å². The number of aryl methyl sites for hydroxylation is 2. The molecule has 0 saturated heterocycles. The first-order chi connectivity index (χ1) is 8.13. The van der Waals surface area contributed by atoms with E-state index in [1.807, 2.05) is 12.3 Å². The SMILES string of the molecule is CCn1ccnc1C(N)c1cc(Br)ccc1C. The molecule has 1 heterocycles. The first kappa shape index (κ1) is 12.3. The van der Waals surface area contributed by atoms with Crippen LogP contribution in [0, 0.1) is 6.92 Å². The van der Waals surface area contributed by atoms with Crippen LogP contribution in [0.2, 0.25) is 0 Å². The van der Waals surface area contributed by atoms with Gasteiger partial charge in [-0.3, -0.25) is 0 Å². The quantitative estimate of drug-likeness (QED) is 0.945. The molecule has 0 aliphatic rings. The number of rotatable bonds is 3. The lowest BCUT2D eigenvalue weighted by Crippen LogP contribution is -2.18. The van der Waals surface area contributed by atoms with Crippen molar-refractivity contribution in [3.05, 3.63) is 52.0 Å². The van der Waals surface area contributed by atoms with Gasteiger partial charge in [-0.05, 0) is 37.1 Å². The lowest BCUT2D eigenvalue weighted by atomic mass is 10.0. The first-order valence-electron chi connectivity index (χ1n) is 5.66. The van der Waals surface area contributed by atoms with Crippen LogP contribution in [0.4, 0.5) is 0 Å². The van der Waals surface area contributed by atoms with Gasteiger partial charge >= 0.3 is 0 Å². The largest absolute Gasteiger partial charge is 0.334 e. The summed E-state index contributed by atoms with van der Waals surface area (Å²) < 4.78 is 3.12. The monoisotopic (exact) mass is 293 g/mol. The zero-order valence-corrected chi connectivity index (χ0v) is 11.6. The molecule has 0 amide bonds. The fraction of sp³-hybridized carbons (Fsp3) is 0.308. The van der Waals surface area contributed by atoms with Crippen LogP contribution in [0.1, 0.15) is 29.9 Å². The molecule has 2 rings (SSSR count). The van der Waals surface area contributed by atoms with E-state index in [4.69, 9.17) is 5.73 Å². The van der Waals surface area contributed by atoms with Gasteiger partial charge in [0.05, 0.1) is 6.04 Å². The Hall–Kier alpha value is -1.13. The fourth-order valence-corrected chi connectivity index (χ4v) is 2.33. The van der Waals surface area contributed by atoms with Gasteiger partial charge in [0.1, 0.15) is 5.82 Å². The molecule has 2 aromatic rings. The van der Waals surface area contributed by atoms with Gasteiger partial charge in [-0.25, -0.2) is 4.98 Å². The number of nitrogens with zero attached hydrogens (tertiary/aromatic N) is 2. The zero-order valence-electron chi connectivity index (χ0n) is 10.0. The third kappa shape index (κ3) is 2.42. The van der Waals surface area contributed by atoms with E-state index in [2.05, 4.69) is 51.5 Å². The molecule has 0 spiro atoms. The standard InChI is InChI=1S/C13H16BrN3/c1-3-17-7-6-16-13(17)12(15)11-8-10(14)5-4-9(11)2/h4-8,12H,3,15H2,1-2H3. The maximum Gasteiger partial charge on any atom is 0.130 e. The summed E-state index contributed by atoms with van der Waals surface area (Å²) in [6, 6.07) is 5.98. The number of hydrogen-bond acceptors (Lipinski definition) is 2. The lowest BCUT2D eigenvalue weighted by Gasteiger charge is -2.16. The summed E-state index contributed by atoms with van der Waals surface area (Å²) in [6.07, 6.45) is 3.76. The van der Waals surface area contributed by atoms with Gasteiger partial charge in [0.15, 0.2) is 0 Å². The van der Waals surface area contributed by atoms with Crippen molar-refractivity contribution in [2.24, 2.45) is 5.73 Å². The molecule has 0 saturated carbocycles. The Morgan fingerprint density at radius 2 is 2.24 bits per heavy atom. The van der Waals surface area contributed by atoms with Crippen molar-refractivity contribution in [2.75, 3.05) is 0 Å². The van der Waals surface area contributed by atoms with Crippen molar-refractivity contribution in [1.82, 2.24) is 9.55 Å². The molecule has 2 N–H and O–H groups in total. The first-order valence-corrected chi connectivity index (χ1v) is 6.45. The van der Waals surface area contributed by atoms with Gasteiger partial charge in [-0.1, -0.05) is 22.0 Å². The summed E-state index contributed by atoms with van der Waals surface area (Å²) in [6.45, 7) is 5.04. The third-order valence-corrected chi connectivity index (χ3v) is 3.44. The molecular formula is C13H16BrN3. The van der Waals surface area contributed by atoms with Gasteiger partial charge < -0.3 is 10.3 Å². The Kier molecular flexibility index (Phi) is 3.64. The smallest absolute Gasteiger partial charge is 0.130 e. The predicted octanol–water partition coefficient (Wildman–Crippen LogP) is 3.02. The van der Waals surface area contributed by atoms with Gasteiger partial charge in [0, 0.05) is 23.4 Å². The van der Waals surface area contributed by atoms with Gasteiger partial charge in [0.2, 0.25) is 0 Å². The van der Waals surface area contributed by atoms with Gasteiger partial charge in [-0.15, -0.1) is 0 Å². The predicted molar refractivity (Wildman–Crippen MR) is 72.8 cm³/mol. The molecule has 0 aliphatic carbocycles. The van der Waals surface area contributed by atoms with Crippen LogP contribution in [0.25, 0.3) is 0 Å².